The van der Waals surface area contributed by atoms with E-state index in [9.17, 15) is 9.36 Å². The fraction of sp³-hybridized carbons (Fsp3) is 0.387. The van der Waals surface area contributed by atoms with E-state index in [0.29, 0.717) is 62.8 Å². The van der Waals surface area contributed by atoms with Crippen LogP contribution in [0.2, 0.25) is 0 Å². The Bertz CT molecular complexity index is 1790. The molecule has 6 rings (SSSR count). The number of fused-ring (bicyclic) bond motifs is 2. The van der Waals surface area contributed by atoms with Crippen molar-refractivity contribution in [1.29, 1.82) is 0 Å². The molecule has 1 saturated heterocycles. The van der Waals surface area contributed by atoms with Gasteiger partial charge in [0.25, 0.3) is 0 Å². The van der Waals surface area contributed by atoms with Crippen molar-refractivity contribution in [1.82, 2.24) is 29.7 Å². The molecule has 236 valence electrons. The third kappa shape index (κ3) is 6.81. The largest absolute Gasteiger partial charge is 0.494 e. The van der Waals surface area contributed by atoms with Gasteiger partial charge in [-0.1, -0.05) is 0 Å². The number of likely N-dealkylation sites (N-methyl/N-ethyl adjacent to an activating group) is 1. The number of benzene rings is 2. The zero-order valence-electron chi connectivity index (χ0n) is 25.9. The summed E-state index contributed by atoms with van der Waals surface area (Å²) in [5.41, 5.74) is 4.55. The number of ether oxygens (including phenoxy) is 1. The van der Waals surface area contributed by atoms with Crippen molar-refractivity contribution < 1.29 is 14.1 Å². The van der Waals surface area contributed by atoms with Crippen molar-refractivity contribution in [3.8, 4) is 5.75 Å². The van der Waals surface area contributed by atoms with E-state index < -0.39 is 7.14 Å². The summed E-state index contributed by atoms with van der Waals surface area (Å²) < 4.78 is 19.8. The molecule has 0 bridgehead atoms. The van der Waals surface area contributed by atoms with Gasteiger partial charge in [-0.2, -0.15) is 4.98 Å². The van der Waals surface area contributed by atoms with E-state index in [2.05, 4.69) is 58.4 Å². The first-order valence-corrected chi connectivity index (χ1v) is 18.3. The monoisotopic (exact) mass is 693 g/mol. The maximum atomic E-state index is 13.4. The number of rotatable bonds is 8. The van der Waals surface area contributed by atoms with Crippen LogP contribution >= 0.6 is 23.1 Å². The van der Waals surface area contributed by atoms with Crippen molar-refractivity contribution in [3.05, 3.63) is 52.9 Å². The minimum Gasteiger partial charge on any atom is -0.494 e. The predicted molar refractivity (Wildman–Crippen MR) is 183 cm³/mol. The van der Waals surface area contributed by atoms with E-state index in [4.69, 9.17) is 9.72 Å². The summed E-state index contributed by atoms with van der Waals surface area (Å²) in [6.45, 7) is 8.26. The Hall–Kier alpha value is -3.64. The molecule has 12 nitrogen and oxygen atoms in total. The molecule has 0 spiro atoms. The molecule has 1 fully saturated rings. The van der Waals surface area contributed by atoms with Crippen molar-refractivity contribution >= 4 is 74.1 Å². The van der Waals surface area contributed by atoms with Crippen LogP contribution in [0.1, 0.15) is 12.0 Å². The maximum Gasteiger partial charge on any atom is 0.241 e. The summed E-state index contributed by atoms with van der Waals surface area (Å²) in [5, 5.41) is 7.26. The van der Waals surface area contributed by atoms with E-state index in [-0.39, 0.29) is 5.91 Å². The maximum absolute atomic E-state index is 13.4. The lowest BCUT2D eigenvalue weighted by Crippen LogP contribution is -2.49. The highest BCUT2D eigenvalue weighted by molar-refractivity contribution is 9.10. The quantitative estimate of drug-likeness (QED) is 0.254. The second-order valence-electron chi connectivity index (χ2n) is 11.8. The molecule has 0 atom stereocenters. The van der Waals surface area contributed by atoms with Crippen molar-refractivity contribution in [2.24, 2.45) is 0 Å². The van der Waals surface area contributed by atoms with Crippen LogP contribution in [-0.4, -0.2) is 102 Å². The Morgan fingerprint density at radius 3 is 2.56 bits per heavy atom. The number of nitrogens with one attached hydrogen (secondary N) is 2. The Morgan fingerprint density at radius 1 is 1.02 bits per heavy atom. The molecule has 45 heavy (non-hydrogen) atoms. The molecule has 0 radical (unpaired) electrons. The van der Waals surface area contributed by atoms with Crippen molar-refractivity contribution in [3.63, 3.8) is 0 Å². The molecule has 0 aliphatic carbocycles. The van der Waals surface area contributed by atoms with Crippen LogP contribution in [0.15, 0.2) is 47.3 Å². The zero-order chi connectivity index (χ0) is 31.7. The number of piperazine rings is 1. The number of carbonyl (C=O) groups is 1. The number of halogens is 1. The molecule has 14 heteroatoms. The molecule has 2 aromatic carbocycles. The number of amides is 1. The van der Waals surface area contributed by atoms with Crippen LogP contribution in [0.4, 0.5) is 28.8 Å². The molecule has 0 saturated carbocycles. The number of carbonyl (C=O) groups excluding carboxylic acids is 1. The van der Waals surface area contributed by atoms with Crippen molar-refractivity contribution in [2.75, 3.05) is 82.3 Å². The summed E-state index contributed by atoms with van der Waals surface area (Å²) in [4.78, 5) is 37.9. The van der Waals surface area contributed by atoms with E-state index >= 15 is 0 Å². The van der Waals surface area contributed by atoms with Gasteiger partial charge in [0, 0.05) is 57.4 Å². The summed E-state index contributed by atoms with van der Waals surface area (Å²) in [6.07, 6.45) is 6.60. The fourth-order valence-electron chi connectivity index (χ4n) is 5.85. The highest BCUT2D eigenvalue weighted by Gasteiger charge is 2.27. The van der Waals surface area contributed by atoms with Crippen LogP contribution in [0.25, 0.3) is 11.0 Å². The molecule has 2 aliphatic heterocycles. The first kappa shape index (κ1) is 31.3. The van der Waals surface area contributed by atoms with Gasteiger partial charge in [0.15, 0.2) is 0 Å². The Labute approximate surface area is 271 Å². The number of methoxy groups -OCH3 is 1. The van der Waals surface area contributed by atoms with Gasteiger partial charge in [-0.25, -0.2) is 4.98 Å². The predicted octanol–water partition coefficient (Wildman–Crippen LogP) is 4.45. The molecule has 2 aliphatic rings. The van der Waals surface area contributed by atoms with Crippen LogP contribution in [0, 0.1) is 0 Å². The Balaban J connectivity index is 1.26. The molecule has 1 amide bonds. The second-order valence-corrected chi connectivity index (χ2v) is 15.8. The standard InChI is InChI=1S/C31H37BrN9O3P/c1-39-12-14-40(15-13-39)19-27(42)41-11-5-6-20-16-24(26(44-2)17-25(20)41)37-31-35-18-21(32)30(38-31)36-23-8-7-22-28(34-10-9-33-22)29(23)45(3,4)43/h7-10,16-18H,5-6,11-15,19H2,1-4H3,(H2,35,36,37,38). The first-order valence-electron chi connectivity index (χ1n) is 14.9. The van der Waals surface area contributed by atoms with E-state index in [0.717, 1.165) is 50.3 Å². The second kappa shape index (κ2) is 13.0. The minimum absolute atomic E-state index is 0.109. The molecule has 2 N–H and O–H groups in total. The smallest absolute Gasteiger partial charge is 0.241 e. The molecular formula is C31H37BrN9O3P. The van der Waals surface area contributed by atoms with Gasteiger partial charge in [-0.15, -0.1) is 0 Å². The summed E-state index contributed by atoms with van der Waals surface area (Å²) in [7, 11) is 0.967. The van der Waals surface area contributed by atoms with Crippen LogP contribution < -0.4 is 25.6 Å². The zero-order valence-corrected chi connectivity index (χ0v) is 28.4. The topological polar surface area (TPSA) is 129 Å². The third-order valence-corrected chi connectivity index (χ3v) is 10.3. The number of hydrogen-bond donors (Lipinski definition) is 2. The van der Waals surface area contributed by atoms with E-state index in [1.165, 1.54) is 0 Å². The van der Waals surface area contributed by atoms with E-state index in [1.54, 1.807) is 39.0 Å². The third-order valence-electron chi connectivity index (χ3n) is 8.17. The van der Waals surface area contributed by atoms with Gasteiger partial charge < -0.3 is 29.7 Å². The summed E-state index contributed by atoms with van der Waals surface area (Å²) in [5.74, 6) is 1.53. The van der Waals surface area contributed by atoms with Gasteiger partial charge in [0.05, 0.1) is 46.0 Å². The van der Waals surface area contributed by atoms with Gasteiger partial charge in [-0.05, 0) is 72.9 Å². The number of anilines is 5. The highest BCUT2D eigenvalue weighted by atomic mass is 79.9. The summed E-state index contributed by atoms with van der Waals surface area (Å²) >= 11 is 3.55. The number of aromatic nitrogens is 4. The van der Waals surface area contributed by atoms with Crippen LogP contribution in [0.3, 0.4) is 0 Å². The summed E-state index contributed by atoms with van der Waals surface area (Å²) in [6, 6.07) is 7.64. The van der Waals surface area contributed by atoms with Gasteiger partial charge >= 0.3 is 0 Å². The lowest BCUT2D eigenvalue weighted by atomic mass is 10.00. The Kier molecular flexibility index (Phi) is 9.05. The van der Waals surface area contributed by atoms with Crippen molar-refractivity contribution in [2.45, 2.75) is 12.8 Å². The van der Waals surface area contributed by atoms with Gasteiger partial charge in [0.1, 0.15) is 24.2 Å². The van der Waals surface area contributed by atoms with Crippen LogP contribution in [0.5, 0.6) is 5.75 Å². The average Bonchev–Trinajstić information content (AvgIpc) is 3.02. The number of nitrogens with zero attached hydrogens (tertiary/aromatic N) is 7. The van der Waals surface area contributed by atoms with Gasteiger partial charge in [0.2, 0.25) is 11.9 Å². The molecular weight excluding hydrogens is 657 g/mol. The SMILES string of the molecule is COc1cc2c(cc1Nc1ncc(Br)c(Nc3ccc4nccnc4c3P(C)(C)=O)n1)CCCN2C(=O)CN1CCN(C)CC1. The molecule has 4 aromatic rings. The number of hydrogen-bond acceptors (Lipinski definition) is 11. The molecule has 2 aromatic heterocycles. The highest BCUT2D eigenvalue weighted by Crippen LogP contribution is 2.42. The first-order chi connectivity index (χ1) is 21.6. The fourth-order valence-corrected chi connectivity index (χ4v) is 7.54. The molecule has 0 unspecified atom stereocenters. The molecule has 4 heterocycles. The lowest BCUT2D eigenvalue weighted by Gasteiger charge is -2.35. The Morgan fingerprint density at radius 2 is 1.80 bits per heavy atom. The minimum atomic E-state index is -2.76. The van der Waals surface area contributed by atoms with Crippen LogP contribution in [-0.2, 0) is 15.8 Å². The normalized spacial score (nSPS) is 16.0. The average molecular weight is 695 g/mol. The number of aryl methyl sites for hydroxylation is 1. The lowest BCUT2D eigenvalue weighted by molar-refractivity contribution is -0.120. The van der Waals surface area contributed by atoms with Gasteiger partial charge in [-0.3, -0.25) is 19.7 Å². The van der Waals surface area contributed by atoms with E-state index in [1.807, 2.05) is 29.2 Å².